The van der Waals surface area contributed by atoms with Crippen molar-refractivity contribution in [2.75, 3.05) is 0 Å². The third-order valence-electron chi connectivity index (χ3n) is 5.62. The van der Waals surface area contributed by atoms with E-state index in [4.69, 9.17) is 16.3 Å². The van der Waals surface area contributed by atoms with Gasteiger partial charge < -0.3 is 10.1 Å². The molecule has 2 aromatic carbocycles. The molecular formula is C24H20ClFN2O2. The van der Waals surface area contributed by atoms with Crippen LogP contribution in [0.4, 0.5) is 4.39 Å². The van der Waals surface area contributed by atoms with E-state index < -0.39 is 0 Å². The minimum atomic E-state index is -0.265. The zero-order valence-corrected chi connectivity index (χ0v) is 16.9. The van der Waals surface area contributed by atoms with Crippen LogP contribution in [-0.4, -0.2) is 16.9 Å². The summed E-state index contributed by atoms with van der Waals surface area (Å²) in [6.45, 7) is 0. The number of carbonyl (C=O) groups excluding carboxylic acids is 1. The Labute approximate surface area is 179 Å². The smallest absolute Gasteiger partial charge is 0.255 e. The molecule has 2 saturated carbocycles. The van der Waals surface area contributed by atoms with Crippen molar-refractivity contribution in [3.63, 3.8) is 0 Å². The third kappa shape index (κ3) is 4.17. The highest BCUT2D eigenvalue weighted by atomic mass is 35.5. The monoisotopic (exact) mass is 422 g/mol. The van der Waals surface area contributed by atoms with Crippen molar-refractivity contribution in [2.24, 2.45) is 0 Å². The summed E-state index contributed by atoms with van der Waals surface area (Å²) in [4.78, 5) is 17.0. The fourth-order valence-corrected chi connectivity index (χ4v) is 3.89. The molecule has 0 unspecified atom stereocenters. The number of pyridine rings is 1. The van der Waals surface area contributed by atoms with Gasteiger partial charge in [-0.3, -0.25) is 4.79 Å². The fourth-order valence-electron chi connectivity index (χ4n) is 3.73. The van der Waals surface area contributed by atoms with Crippen LogP contribution in [0, 0.1) is 5.82 Å². The van der Waals surface area contributed by atoms with Gasteiger partial charge in [0.05, 0.1) is 11.8 Å². The molecule has 1 heterocycles. The Kier molecular flexibility index (Phi) is 4.91. The van der Waals surface area contributed by atoms with Crippen molar-refractivity contribution in [3.05, 3.63) is 88.5 Å². The van der Waals surface area contributed by atoms with Gasteiger partial charge >= 0.3 is 0 Å². The molecule has 1 N–H and O–H groups in total. The van der Waals surface area contributed by atoms with Gasteiger partial charge in [0, 0.05) is 12.0 Å². The second kappa shape index (κ2) is 7.73. The van der Waals surface area contributed by atoms with Gasteiger partial charge in [0.2, 0.25) is 0 Å². The maximum absolute atomic E-state index is 13.1. The van der Waals surface area contributed by atoms with E-state index in [9.17, 15) is 9.18 Å². The maximum Gasteiger partial charge on any atom is 0.255 e. The first-order chi connectivity index (χ1) is 14.6. The number of aromatic nitrogens is 1. The van der Waals surface area contributed by atoms with Crippen LogP contribution >= 0.6 is 11.6 Å². The SMILES string of the molecule is O=C(N[C@@H]1C[C@@H]1c1ccc(F)cc1)c1cc(Cl)ncc1Oc1cccc(C2CC2)c1. The molecule has 0 aliphatic heterocycles. The molecule has 1 amide bonds. The summed E-state index contributed by atoms with van der Waals surface area (Å²) in [7, 11) is 0. The number of nitrogens with zero attached hydrogens (tertiary/aromatic N) is 1. The maximum atomic E-state index is 13.1. The van der Waals surface area contributed by atoms with E-state index in [2.05, 4.69) is 16.4 Å². The van der Waals surface area contributed by atoms with E-state index >= 15 is 0 Å². The predicted octanol–water partition coefficient (Wildman–Crippen LogP) is 5.83. The highest BCUT2D eigenvalue weighted by Crippen LogP contribution is 2.42. The van der Waals surface area contributed by atoms with Crippen LogP contribution in [0.2, 0.25) is 5.15 Å². The van der Waals surface area contributed by atoms with Gasteiger partial charge in [-0.1, -0.05) is 35.9 Å². The summed E-state index contributed by atoms with van der Waals surface area (Å²) in [5.41, 5.74) is 2.61. The summed E-state index contributed by atoms with van der Waals surface area (Å²) in [5.74, 6) is 1.31. The van der Waals surface area contributed by atoms with Gasteiger partial charge in [0.15, 0.2) is 5.75 Å². The van der Waals surface area contributed by atoms with Crippen LogP contribution in [0.5, 0.6) is 11.5 Å². The highest BCUT2D eigenvalue weighted by Gasteiger charge is 2.40. The molecule has 3 aromatic rings. The molecule has 2 aliphatic rings. The lowest BCUT2D eigenvalue weighted by molar-refractivity contribution is 0.0948. The van der Waals surface area contributed by atoms with Crippen molar-refractivity contribution in [3.8, 4) is 11.5 Å². The zero-order valence-electron chi connectivity index (χ0n) is 16.1. The number of halogens is 2. The highest BCUT2D eigenvalue weighted by molar-refractivity contribution is 6.29. The number of amides is 1. The van der Waals surface area contributed by atoms with E-state index in [0.717, 1.165) is 12.0 Å². The first kappa shape index (κ1) is 19.1. The van der Waals surface area contributed by atoms with Gasteiger partial charge in [-0.05, 0) is 66.6 Å². The summed E-state index contributed by atoms with van der Waals surface area (Å²) in [5, 5.41) is 3.25. The zero-order chi connectivity index (χ0) is 20.7. The first-order valence-electron chi connectivity index (χ1n) is 10.1. The Morgan fingerprint density at radius 1 is 1.10 bits per heavy atom. The van der Waals surface area contributed by atoms with E-state index in [1.165, 1.54) is 42.8 Å². The van der Waals surface area contributed by atoms with Crippen molar-refractivity contribution in [1.29, 1.82) is 0 Å². The standard InChI is InChI=1S/C24H20ClFN2O2/c25-23-12-20(24(29)28-21-11-19(21)15-6-8-17(26)9-7-15)22(13-27-23)30-18-3-1-2-16(10-18)14-4-5-14/h1-3,6-10,12-14,19,21H,4-5,11H2,(H,28,29)/t19-,21-/m1/s1. The van der Waals surface area contributed by atoms with Gasteiger partial charge in [0.1, 0.15) is 16.7 Å². The van der Waals surface area contributed by atoms with Gasteiger partial charge in [-0.25, -0.2) is 9.37 Å². The Morgan fingerprint density at radius 2 is 1.90 bits per heavy atom. The van der Waals surface area contributed by atoms with Crippen LogP contribution in [-0.2, 0) is 0 Å². The minimum Gasteiger partial charge on any atom is -0.455 e. The second-order valence-corrected chi connectivity index (χ2v) is 8.31. The lowest BCUT2D eigenvalue weighted by atomic mass is 10.1. The molecule has 0 spiro atoms. The molecule has 152 valence electrons. The number of hydrogen-bond donors (Lipinski definition) is 1. The predicted molar refractivity (Wildman–Crippen MR) is 113 cm³/mol. The third-order valence-corrected chi connectivity index (χ3v) is 5.83. The molecule has 4 nitrogen and oxygen atoms in total. The lowest BCUT2D eigenvalue weighted by Gasteiger charge is -2.12. The number of carbonyl (C=O) groups is 1. The average molecular weight is 423 g/mol. The Balaban J connectivity index is 1.31. The summed E-state index contributed by atoms with van der Waals surface area (Å²) in [6.07, 6.45) is 4.70. The van der Waals surface area contributed by atoms with Crippen molar-refractivity contribution >= 4 is 17.5 Å². The van der Waals surface area contributed by atoms with E-state index in [1.807, 2.05) is 18.2 Å². The second-order valence-electron chi connectivity index (χ2n) is 7.93. The molecule has 0 bridgehead atoms. The lowest BCUT2D eigenvalue weighted by Crippen LogP contribution is -2.27. The molecule has 6 heteroatoms. The number of benzene rings is 2. The van der Waals surface area contributed by atoms with E-state index in [1.54, 1.807) is 12.1 Å². The summed E-state index contributed by atoms with van der Waals surface area (Å²) < 4.78 is 19.1. The van der Waals surface area contributed by atoms with Crippen LogP contribution < -0.4 is 10.1 Å². The van der Waals surface area contributed by atoms with Gasteiger partial charge in [-0.2, -0.15) is 0 Å². The number of rotatable bonds is 6. The summed E-state index contributed by atoms with van der Waals surface area (Å²) >= 11 is 6.05. The molecule has 2 aliphatic carbocycles. The van der Waals surface area contributed by atoms with Crippen molar-refractivity contribution in [1.82, 2.24) is 10.3 Å². The normalized spacial score (nSPS) is 19.9. The van der Waals surface area contributed by atoms with E-state index in [0.29, 0.717) is 23.0 Å². The quantitative estimate of drug-likeness (QED) is 0.508. The van der Waals surface area contributed by atoms with E-state index in [-0.39, 0.29) is 28.8 Å². The molecule has 0 saturated heterocycles. The molecule has 2 fully saturated rings. The molecule has 0 radical (unpaired) electrons. The van der Waals surface area contributed by atoms with Crippen molar-refractivity contribution in [2.45, 2.75) is 37.1 Å². The van der Waals surface area contributed by atoms with Crippen LogP contribution in [0.3, 0.4) is 0 Å². The number of nitrogens with one attached hydrogen (secondary N) is 1. The summed E-state index contributed by atoms with van der Waals surface area (Å²) in [6, 6.07) is 15.9. The molecule has 30 heavy (non-hydrogen) atoms. The fraction of sp³-hybridized carbons (Fsp3) is 0.250. The molecular weight excluding hydrogens is 403 g/mol. The molecule has 5 rings (SSSR count). The largest absolute Gasteiger partial charge is 0.455 e. The molecule has 1 aromatic heterocycles. The van der Waals surface area contributed by atoms with Gasteiger partial charge in [0.25, 0.3) is 5.91 Å². The minimum absolute atomic E-state index is 0.000876. The number of hydrogen-bond acceptors (Lipinski definition) is 3. The van der Waals surface area contributed by atoms with Gasteiger partial charge in [-0.15, -0.1) is 0 Å². The topological polar surface area (TPSA) is 51.2 Å². The van der Waals surface area contributed by atoms with Crippen LogP contribution in [0.25, 0.3) is 0 Å². The van der Waals surface area contributed by atoms with Crippen molar-refractivity contribution < 1.29 is 13.9 Å². The Bertz CT molecular complexity index is 1100. The Hall–Kier alpha value is -2.92. The molecule has 2 atom stereocenters. The van der Waals surface area contributed by atoms with Crippen LogP contribution in [0.15, 0.2) is 60.8 Å². The average Bonchev–Trinajstić information content (AvgIpc) is 3.65. The first-order valence-corrected chi connectivity index (χ1v) is 10.4. The van der Waals surface area contributed by atoms with Crippen LogP contribution in [0.1, 0.15) is 52.6 Å². The number of ether oxygens (including phenoxy) is 1. The Morgan fingerprint density at radius 3 is 2.67 bits per heavy atom.